The zero-order chi connectivity index (χ0) is 18.6. The number of nitrogens with one attached hydrogen (secondary N) is 1. The summed E-state index contributed by atoms with van der Waals surface area (Å²) < 4.78 is 53.6. The highest BCUT2D eigenvalue weighted by Gasteiger charge is 2.24. The lowest BCUT2D eigenvalue weighted by Crippen LogP contribution is -2.38. The van der Waals surface area contributed by atoms with E-state index >= 15 is 0 Å². The average molecular weight is 380 g/mol. The van der Waals surface area contributed by atoms with Gasteiger partial charge in [-0.15, -0.1) is 0 Å². The Labute approximate surface area is 152 Å². The third-order valence-corrected chi connectivity index (χ3v) is 6.16. The van der Waals surface area contributed by atoms with Gasteiger partial charge in [-0.3, -0.25) is 4.90 Å². The Morgan fingerprint density at radius 3 is 2.38 bits per heavy atom. The number of hydrogen-bond acceptors (Lipinski definition) is 3. The second-order valence-corrected chi connectivity index (χ2v) is 8.37. The van der Waals surface area contributed by atoms with E-state index in [1.54, 1.807) is 0 Å². The van der Waals surface area contributed by atoms with Crippen molar-refractivity contribution >= 4 is 10.0 Å². The average Bonchev–Trinajstić information content (AvgIpc) is 2.62. The molecular formula is C19H22F2N2O2S. The lowest BCUT2D eigenvalue weighted by Gasteiger charge is -2.32. The molecule has 1 heterocycles. The number of sulfonamides is 1. The lowest BCUT2D eigenvalue weighted by atomic mass is 9.97. The summed E-state index contributed by atoms with van der Waals surface area (Å²) in [6.07, 6.45) is 1.75. The molecule has 0 spiro atoms. The van der Waals surface area contributed by atoms with Crippen molar-refractivity contribution in [3.8, 4) is 0 Å². The van der Waals surface area contributed by atoms with E-state index < -0.39 is 26.6 Å². The van der Waals surface area contributed by atoms with Crippen molar-refractivity contribution in [1.82, 2.24) is 9.62 Å². The van der Waals surface area contributed by atoms with E-state index in [9.17, 15) is 17.2 Å². The summed E-state index contributed by atoms with van der Waals surface area (Å²) in [6, 6.07) is 12.7. The molecule has 1 aliphatic rings. The Hall–Kier alpha value is -1.83. The monoisotopic (exact) mass is 380 g/mol. The number of benzene rings is 2. The van der Waals surface area contributed by atoms with E-state index in [4.69, 9.17) is 0 Å². The maximum Gasteiger partial charge on any atom is 0.243 e. The van der Waals surface area contributed by atoms with E-state index in [-0.39, 0.29) is 12.5 Å². The molecule has 1 saturated heterocycles. The molecular weight excluding hydrogens is 358 g/mol. The third kappa shape index (κ3) is 4.87. The number of nitrogens with zero attached hydrogens (tertiary/aromatic N) is 1. The van der Waals surface area contributed by atoms with E-state index in [1.165, 1.54) is 5.56 Å². The van der Waals surface area contributed by atoms with Gasteiger partial charge in [0.25, 0.3) is 0 Å². The van der Waals surface area contributed by atoms with Crippen LogP contribution in [0.5, 0.6) is 0 Å². The zero-order valence-electron chi connectivity index (χ0n) is 14.4. The standard InChI is InChI=1S/C19H22F2N2O2S/c20-17-6-7-19(18(21)12-17)26(24,25)22-13-15-8-10-23(11-9-15)14-16-4-2-1-3-5-16/h1-7,12,15,22H,8-11,13-14H2. The van der Waals surface area contributed by atoms with E-state index in [2.05, 4.69) is 21.8 Å². The van der Waals surface area contributed by atoms with Gasteiger partial charge in [0.1, 0.15) is 16.5 Å². The Balaban J connectivity index is 1.50. The molecule has 0 bridgehead atoms. The van der Waals surface area contributed by atoms with Crippen molar-refractivity contribution in [1.29, 1.82) is 0 Å². The lowest BCUT2D eigenvalue weighted by molar-refractivity contribution is 0.178. The summed E-state index contributed by atoms with van der Waals surface area (Å²) in [7, 11) is -3.97. The van der Waals surface area contributed by atoms with Crippen LogP contribution in [0, 0.1) is 17.6 Å². The van der Waals surface area contributed by atoms with Crippen LogP contribution in [-0.2, 0) is 16.6 Å². The molecule has 1 aliphatic heterocycles. The first-order valence-electron chi connectivity index (χ1n) is 8.65. The van der Waals surface area contributed by atoms with E-state index in [1.807, 2.05) is 18.2 Å². The van der Waals surface area contributed by atoms with Gasteiger partial charge in [0.05, 0.1) is 0 Å². The van der Waals surface area contributed by atoms with Gasteiger partial charge in [-0.1, -0.05) is 30.3 Å². The smallest absolute Gasteiger partial charge is 0.243 e. The van der Waals surface area contributed by atoms with Gasteiger partial charge >= 0.3 is 0 Å². The van der Waals surface area contributed by atoms with Crippen LogP contribution in [0.15, 0.2) is 53.4 Å². The van der Waals surface area contributed by atoms with E-state index in [0.29, 0.717) is 6.07 Å². The van der Waals surface area contributed by atoms with Crippen LogP contribution in [0.25, 0.3) is 0 Å². The molecule has 26 heavy (non-hydrogen) atoms. The maximum atomic E-state index is 13.7. The summed E-state index contributed by atoms with van der Waals surface area (Å²) in [5.74, 6) is -1.66. The highest BCUT2D eigenvalue weighted by atomic mass is 32.2. The summed E-state index contributed by atoms with van der Waals surface area (Å²) in [5, 5.41) is 0. The Morgan fingerprint density at radius 1 is 1.04 bits per heavy atom. The summed E-state index contributed by atoms with van der Waals surface area (Å²) in [4.78, 5) is 1.83. The molecule has 0 saturated carbocycles. The summed E-state index contributed by atoms with van der Waals surface area (Å²) in [6.45, 7) is 2.94. The fraction of sp³-hybridized carbons (Fsp3) is 0.368. The van der Waals surface area contributed by atoms with Gasteiger partial charge in [-0.25, -0.2) is 21.9 Å². The molecule has 0 aromatic heterocycles. The van der Waals surface area contributed by atoms with Gasteiger partial charge in [0.15, 0.2) is 0 Å². The third-order valence-electron chi connectivity index (χ3n) is 4.70. The number of likely N-dealkylation sites (tertiary alicyclic amines) is 1. The maximum absolute atomic E-state index is 13.7. The number of rotatable bonds is 6. The van der Waals surface area contributed by atoms with Crippen molar-refractivity contribution in [2.45, 2.75) is 24.3 Å². The molecule has 7 heteroatoms. The predicted octanol–water partition coefficient (Wildman–Crippen LogP) is 3.16. The Morgan fingerprint density at radius 2 is 1.73 bits per heavy atom. The topological polar surface area (TPSA) is 49.4 Å². The van der Waals surface area contributed by atoms with Crippen molar-refractivity contribution in [2.24, 2.45) is 5.92 Å². The number of piperidine rings is 1. The normalized spacial score (nSPS) is 16.7. The molecule has 0 unspecified atom stereocenters. The molecule has 3 rings (SSSR count). The zero-order valence-corrected chi connectivity index (χ0v) is 15.2. The molecule has 0 amide bonds. The largest absolute Gasteiger partial charge is 0.299 e. The van der Waals surface area contributed by atoms with Gasteiger partial charge in [0.2, 0.25) is 10.0 Å². The first-order valence-corrected chi connectivity index (χ1v) is 10.1. The highest BCUT2D eigenvalue weighted by Crippen LogP contribution is 2.20. The van der Waals surface area contributed by atoms with Crippen LogP contribution in [0.1, 0.15) is 18.4 Å². The second kappa shape index (κ2) is 8.24. The van der Waals surface area contributed by atoms with Crippen LogP contribution in [0.3, 0.4) is 0 Å². The molecule has 1 N–H and O–H groups in total. The number of hydrogen-bond donors (Lipinski definition) is 1. The first-order chi connectivity index (χ1) is 12.4. The Kier molecular flexibility index (Phi) is 6.01. The van der Waals surface area contributed by atoms with Crippen molar-refractivity contribution in [3.63, 3.8) is 0 Å². The van der Waals surface area contributed by atoms with E-state index in [0.717, 1.165) is 44.6 Å². The van der Waals surface area contributed by atoms with Crippen molar-refractivity contribution in [2.75, 3.05) is 19.6 Å². The fourth-order valence-electron chi connectivity index (χ4n) is 3.19. The molecule has 1 fully saturated rings. The predicted molar refractivity (Wildman–Crippen MR) is 96.0 cm³/mol. The minimum absolute atomic E-state index is 0.209. The SMILES string of the molecule is O=S(=O)(NCC1CCN(Cc2ccccc2)CC1)c1ccc(F)cc1F. The van der Waals surface area contributed by atoms with Crippen LogP contribution >= 0.6 is 0 Å². The van der Waals surface area contributed by atoms with Gasteiger partial charge < -0.3 is 0 Å². The van der Waals surface area contributed by atoms with Crippen molar-refractivity contribution < 1.29 is 17.2 Å². The second-order valence-electron chi connectivity index (χ2n) is 6.63. The Bertz CT molecular complexity index is 836. The molecule has 0 aliphatic carbocycles. The van der Waals surface area contributed by atoms with Crippen LogP contribution in [0.2, 0.25) is 0 Å². The molecule has 2 aromatic carbocycles. The molecule has 4 nitrogen and oxygen atoms in total. The first kappa shape index (κ1) is 18.9. The van der Waals surface area contributed by atoms with Gasteiger partial charge in [-0.2, -0.15) is 0 Å². The molecule has 2 aromatic rings. The molecule has 140 valence electrons. The van der Waals surface area contributed by atoms with Gasteiger partial charge in [-0.05, 0) is 49.5 Å². The molecule has 0 atom stereocenters. The van der Waals surface area contributed by atoms with Crippen molar-refractivity contribution in [3.05, 3.63) is 65.7 Å². The highest BCUT2D eigenvalue weighted by molar-refractivity contribution is 7.89. The fourth-order valence-corrected chi connectivity index (χ4v) is 4.36. The van der Waals surface area contributed by atoms with Gasteiger partial charge in [0, 0.05) is 19.2 Å². The summed E-state index contributed by atoms with van der Waals surface area (Å²) >= 11 is 0. The minimum atomic E-state index is -3.97. The molecule has 0 radical (unpaired) electrons. The van der Waals surface area contributed by atoms with Crippen LogP contribution in [0.4, 0.5) is 8.78 Å². The quantitative estimate of drug-likeness (QED) is 0.838. The number of halogens is 2. The summed E-state index contributed by atoms with van der Waals surface area (Å²) in [5.41, 5.74) is 1.26. The van der Waals surface area contributed by atoms with Crippen LogP contribution in [-0.4, -0.2) is 33.0 Å². The minimum Gasteiger partial charge on any atom is -0.299 e. The van der Waals surface area contributed by atoms with Crippen LogP contribution < -0.4 is 4.72 Å².